The molecule has 0 saturated heterocycles. The molecule has 0 fully saturated rings. The Hall–Kier alpha value is -1.98. The van der Waals surface area contributed by atoms with Gasteiger partial charge >= 0.3 is 0 Å². The molecule has 0 atom stereocenters. The molecule has 0 radical (unpaired) electrons. The smallest absolute Gasteiger partial charge is 0.226 e. The van der Waals surface area contributed by atoms with Crippen molar-refractivity contribution in [3.8, 4) is 11.3 Å². The molecule has 1 heterocycles. The lowest BCUT2D eigenvalue weighted by Crippen LogP contribution is -2.12. The molecule has 146 valence electrons. The zero-order valence-corrected chi connectivity index (χ0v) is 18.9. The van der Waals surface area contributed by atoms with Crippen LogP contribution < -0.4 is 5.32 Å². The van der Waals surface area contributed by atoms with Crippen LogP contribution in [-0.2, 0) is 17.6 Å². The molecule has 1 amide bonds. The van der Waals surface area contributed by atoms with E-state index in [0.717, 1.165) is 28.6 Å². The number of rotatable bonds is 7. The third kappa shape index (κ3) is 5.30. The summed E-state index contributed by atoms with van der Waals surface area (Å²) in [5.41, 5.74) is 4.54. The van der Waals surface area contributed by atoms with Gasteiger partial charge in [0.05, 0.1) is 5.69 Å². The van der Waals surface area contributed by atoms with Gasteiger partial charge in [0.25, 0.3) is 0 Å². The summed E-state index contributed by atoms with van der Waals surface area (Å²) >= 11 is 5.02. The molecule has 0 aliphatic heterocycles. The second-order valence-electron chi connectivity index (χ2n) is 7.10. The van der Waals surface area contributed by atoms with E-state index >= 15 is 0 Å². The Morgan fingerprint density at radius 1 is 1.11 bits per heavy atom. The van der Waals surface area contributed by atoms with Crippen LogP contribution in [0.2, 0.25) is 0 Å². The summed E-state index contributed by atoms with van der Waals surface area (Å²) in [7, 11) is 0. The number of carbonyl (C=O) groups is 1. The molecule has 0 aliphatic carbocycles. The second-order valence-corrected chi connectivity index (χ2v) is 9.10. The van der Waals surface area contributed by atoms with Crippen molar-refractivity contribution in [2.75, 3.05) is 5.32 Å². The minimum absolute atomic E-state index is 0.00620. The molecule has 0 unspecified atom stereocenters. The molecule has 3 nitrogen and oxygen atoms in total. The third-order valence-electron chi connectivity index (χ3n) is 4.67. The Kier molecular flexibility index (Phi) is 7.03. The Bertz CT molecular complexity index is 930. The van der Waals surface area contributed by atoms with Crippen LogP contribution >= 0.6 is 27.3 Å². The zero-order valence-electron chi connectivity index (χ0n) is 16.5. The van der Waals surface area contributed by atoms with Gasteiger partial charge in [0.15, 0.2) is 5.13 Å². The fraction of sp³-hybridized carbons (Fsp3) is 0.304. The highest BCUT2D eigenvalue weighted by Gasteiger charge is 2.14. The number of thiazole rings is 1. The quantitative estimate of drug-likeness (QED) is 0.423. The number of halogens is 1. The van der Waals surface area contributed by atoms with Crippen LogP contribution in [0.3, 0.4) is 0 Å². The topological polar surface area (TPSA) is 42.0 Å². The number of nitrogens with one attached hydrogen (secondary N) is 1. The fourth-order valence-electron chi connectivity index (χ4n) is 2.99. The summed E-state index contributed by atoms with van der Waals surface area (Å²) in [6.07, 6.45) is 2.08. The third-order valence-corrected chi connectivity index (χ3v) is 6.31. The van der Waals surface area contributed by atoms with Crippen LogP contribution in [0.15, 0.2) is 53.0 Å². The first-order chi connectivity index (χ1) is 13.5. The van der Waals surface area contributed by atoms with Crippen molar-refractivity contribution in [1.82, 2.24) is 4.98 Å². The van der Waals surface area contributed by atoms with Gasteiger partial charge in [0, 0.05) is 21.3 Å². The molecular weight excluding hydrogens is 432 g/mol. The Morgan fingerprint density at radius 3 is 2.39 bits per heavy atom. The lowest BCUT2D eigenvalue weighted by atomic mass is 10.0. The lowest BCUT2D eigenvalue weighted by Gasteiger charge is -2.07. The fourth-order valence-corrected chi connectivity index (χ4v) is 4.19. The molecule has 0 spiro atoms. The molecule has 5 heteroatoms. The minimum Gasteiger partial charge on any atom is -0.302 e. The highest BCUT2D eigenvalue weighted by molar-refractivity contribution is 9.10. The summed E-state index contributed by atoms with van der Waals surface area (Å²) < 4.78 is 1.04. The first-order valence-corrected chi connectivity index (χ1v) is 11.2. The highest BCUT2D eigenvalue weighted by atomic mass is 79.9. The van der Waals surface area contributed by atoms with E-state index in [1.54, 1.807) is 11.3 Å². The van der Waals surface area contributed by atoms with Gasteiger partial charge in [-0.25, -0.2) is 4.98 Å². The molecule has 28 heavy (non-hydrogen) atoms. The van der Waals surface area contributed by atoms with Crippen LogP contribution in [-0.4, -0.2) is 10.9 Å². The summed E-state index contributed by atoms with van der Waals surface area (Å²) in [5, 5.41) is 3.65. The van der Waals surface area contributed by atoms with Crippen LogP contribution in [0.25, 0.3) is 11.3 Å². The van der Waals surface area contributed by atoms with Crippen molar-refractivity contribution in [2.24, 2.45) is 0 Å². The molecule has 0 aliphatic rings. The maximum absolute atomic E-state index is 12.4. The standard InChI is InChI=1S/C23H25BrN2OS/c1-4-20-22(18-10-12-19(24)13-11-18)26-23(28-20)25-21(27)14-7-16-5-8-17(9-6-16)15(2)3/h5-6,8-13,15H,4,7,14H2,1-3H3,(H,25,26,27). The van der Waals surface area contributed by atoms with Crippen LogP contribution in [0, 0.1) is 0 Å². The van der Waals surface area contributed by atoms with Crippen molar-refractivity contribution in [3.05, 3.63) is 69.0 Å². The molecule has 3 rings (SSSR count). The van der Waals surface area contributed by atoms with E-state index in [9.17, 15) is 4.79 Å². The van der Waals surface area contributed by atoms with Gasteiger partial charge in [-0.2, -0.15) is 0 Å². The van der Waals surface area contributed by atoms with Gasteiger partial charge < -0.3 is 5.32 Å². The molecule has 3 aromatic rings. The van der Waals surface area contributed by atoms with E-state index < -0.39 is 0 Å². The lowest BCUT2D eigenvalue weighted by molar-refractivity contribution is -0.116. The van der Waals surface area contributed by atoms with Crippen molar-refractivity contribution >= 4 is 38.3 Å². The number of aryl methyl sites for hydroxylation is 2. The van der Waals surface area contributed by atoms with Gasteiger partial charge in [-0.15, -0.1) is 11.3 Å². The van der Waals surface area contributed by atoms with Gasteiger partial charge in [-0.1, -0.05) is 73.1 Å². The predicted molar refractivity (Wildman–Crippen MR) is 122 cm³/mol. The van der Waals surface area contributed by atoms with E-state index in [-0.39, 0.29) is 5.91 Å². The molecule has 1 N–H and O–H groups in total. The maximum Gasteiger partial charge on any atom is 0.226 e. The molecule has 2 aromatic carbocycles. The predicted octanol–water partition coefficient (Wildman–Crippen LogP) is 6.83. The monoisotopic (exact) mass is 456 g/mol. The maximum atomic E-state index is 12.4. The first kappa shape index (κ1) is 20.7. The molecule has 0 saturated carbocycles. The second kappa shape index (κ2) is 9.48. The average molecular weight is 457 g/mol. The molecule has 1 aromatic heterocycles. The van der Waals surface area contributed by atoms with Crippen LogP contribution in [0.4, 0.5) is 5.13 Å². The van der Waals surface area contributed by atoms with E-state index in [1.165, 1.54) is 16.0 Å². The number of amides is 1. The average Bonchev–Trinajstić information content (AvgIpc) is 3.10. The van der Waals surface area contributed by atoms with Crippen molar-refractivity contribution in [2.45, 2.75) is 46.0 Å². The molecular formula is C23H25BrN2OS. The Balaban J connectivity index is 1.63. The summed E-state index contributed by atoms with van der Waals surface area (Å²) in [5.74, 6) is 0.529. The number of aromatic nitrogens is 1. The summed E-state index contributed by atoms with van der Waals surface area (Å²) in [6.45, 7) is 6.48. The Labute approximate surface area is 179 Å². The number of benzene rings is 2. The van der Waals surface area contributed by atoms with E-state index in [0.29, 0.717) is 17.5 Å². The number of anilines is 1. The number of nitrogens with zero attached hydrogens (tertiary/aromatic N) is 1. The van der Waals surface area contributed by atoms with Gasteiger partial charge in [-0.05, 0) is 42.0 Å². The van der Waals surface area contributed by atoms with Crippen molar-refractivity contribution in [3.63, 3.8) is 0 Å². The number of hydrogen-bond acceptors (Lipinski definition) is 3. The van der Waals surface area contributed by atoms with E-state index in [4.69, 9.17) is 0 Å². The first-order valence-electron chi connectivity index (χ1n) is 9.60. The SMILES string of the molecule is CCc1sc(NC(=O)CCc2ccc(C(C)C)cc2)nc1-c1ccc(Br)cc1. The Morgan fingerprint density at radius 2 is 1.79 bits per heavy atom. The van der Waals surface area contributed by atoms with Crippen molar-refractivity contribution < 1.29 is 4.79 Å². The van der Waals surface area contributed by atoms with Crippen molar-refractivity contribution in [1.29, 1.82) is 0 Å². The number of hydrogen-bond donors (Lipinski definition) is 1. The van der Waals surface area contributed by atoms with Gasteiger partial charge in [0.2, 0.25) is 5.91 Å². The normalized spacial score (nSPS) is 11.0. The zero-order chi connectivity index (χ0) is 20.1. The van der Waals surface area contributed by atoms with Gasteiger partial charge in [-0.3, -0.25) is 4.79 Å². The highest BCUT2D eigenvalue weighted by Crippen LogP contribution is 2.32. The largest absolute Gasteiger partial charge is 0.302 e. The minimum atomic E-state index is 0.00620. The molecule has 0 bridgehead atoms. The van der Waals surface area contributed by atoms with E-state index in [2.05, 4.69) is 71.3 Å². The van der Waals surface area contributed by atoms with Crippen LogP contribution in [0.1, 0.15) is 49.1 Å². The summed E-state index contributed by atoms with van der Waals surface area (Å²) in [4.78, 5) is 18.3. The van der Waals surface area contributed by atoms with E-state index in [1.807, 2.05) is 24.3 Å². The summed E-state index contributed by atoms with van der Waals surface area (Å²) in [6, 6.07) is 16.6. The number of carbonyl (C=O) groups excluding carboxylic acids is 1. The van der Waals surface area contributed by atoms with Crippen LogP contribution in [0.5, 0.6) is 0 Å². The van der Waals surface area contributed by atoms with Gasteiger partial charge in [0.1, 0.15) is 0 Å².